The maximum absolute atomic E-state index is 11.8. The second-order valence-corrected chi connectivity index (χ2v) is 7.95. The van der Waals surface area contributed by atoms with Gasteiger partial charge in [0.1, 0.15) is 5.75 Å². The van der Waals surface area contributed by atoms with Gasteiger partial charge in [-0.15, -0.1) is 0 Å². The molecule has 1 aromatic carbocycles. The van der Waals surface area contributed by atoms with Gasteiger partial charge in [0, 0.05) is 23.7 Å². The monoisotopic (exact) mass is 346 g/mol. The Morgan fingerprint density at radius 3 is 2.82 bits per heavy atom. The van der Waals surface area contributed by atoms with E-state index in [1.807, 2.05) is 0 Å². The third-order valence-corrected chi connectivity index (χ3v) is 5.63. The molecule has 1 aromatic rings. The molecule has 1 aliphatic rings. The molecule has 0 aliphatic carbocycles. The number of amides is 2. The largest absolute Gasteiger partial charge is 0.496 e. The number of carbonyl (C=O) groups excluding carboxylic acids is 1. The number of ether oxygens (including phenoxy) is 1. The summed E-state index contributed by atoms with van der Waals surface area (Å²) in [6.07, 6.45) is 0.602. The SMILES string of the molecule is COc1ccc(Cl)cc1CNC(=O)NC[C@@H]1CCS(=O)(=O)C1. The fraction of sp³-hybridized carbons (Fsp3) is 0.500. The van der Waals surface area contributed by atoms with Crippen molar-refractivity contribution in [1.82, 2.24) is 10.6 Å². The lowest BCUT2D eigenvalue weighted by atomic mass is 10.1. The highest BCUT2D eigenvalue weighted by molar-refractivity contribution is 7.91. The first-order chi connectivity index (χ1) is 10.4. The summed E-state index contributed by atoms with van der Waals surface area (Å²) in [6, 6.07) is 4.83. The Labute approximate surface area is 135 Å². The van der Waals surface area contributed by atoms with Crippen molar-refractivity contribution in [2.24, 2.45) is 5.92 Å². The van der Waals surface area contributed by atoms with E-state index in [1.54, 1.807) is 25.3 Å². The zero-order chi connectivity index (χ0) is 16.2. The Bertz CT molecular complexity index is 648. The maximum Gasteiger partial charge on any atom is 0.315 e. The Morgan fingerprint density at radius 1 is 1.41 bits per heavy atom. The summed E-state index contributed by atoms with van der Waals surface area (Å²) in [4.78, 5) is 11.8. The highest BCUT2D eigenvalue weighted by Gasteiger charge is 2.27. The van der Waals surface area contributed by atoms with Gasteiger partial charge in [0.15, 0.2) is 9.84 Å². The molecule has 0 unspecified atom stereocenters. The first-order valence-electron chi connectivity index (χ1n) is 6.94. The average molecular weight is 347 g/mol. The number of urea groups is 1. The van der Waals surface area contributed by atoms with Crippen molar-refractivity contribution in [2.45, 2.75) is 13.0 Å². The van der Waals surface area contributed by atoms with Crippen LogP contribution in [0.15, 0.2) is 18.2 Å². The van der Waals surface area contributed by atoms with Gasteiger partial charge in [-0.1, -0.05) is 11.6 Å². The van der Waals surface area contributed by atoms with Crippen molar-refractivity contribution < 1.29 is 17.9 Å². The normalized spacial score (nSPS) is 19.6. The molecule has 6 nitrogen and oxygen atoms in total. The van der Waals surface area contributed by atoms with Crippen molar-refractivity contribution in [3.63, 3.8) is 0 Å². The van der Waals surface area contributed by atoms with Crippen LogP contribution in [0.25, 0.3) is 0 Å². The summed E-state index contributed by atoms with van der Waals surface area (Å²) < 4.78 is 27.9. The molecule has 0 saturated carbocycles. The quantitative estimate of drug-likeness (QED) is 0.847. The van der Waals surface area contributed by atoms with Crippen LogP contribution in [0.4, 0.5) is 4.79 Å². The van der Waals surface area contributed by atoms with E-state index in [0.29, 0.717) is 23.7 Å². The average Bonchev–Trinajstić information content (AvgIpc) is 2.82. The van der Waals surface area contributed by atoms with Crippen LogP contribution in [0.3, 0.4) is 0 Å². The molecule has 2 N–H and O–H groups in total. The lowest BCUT2D eigenvalue weighted by Gasteiger charge is -2.12. The molecular weight excluding hydrogens is 328 g/mol. The number of carbonyl (C=O) groups is 1. The molecule has 22 heavy (non-hydrogen) atoms. The molecule has 1 aliphatic heterocycles. The van der Waals surface area contributed by atoms with Gasteiger partial charge < -0.3 is 15.4 Å². The van der Waals surface area contributed by atoms with Crippen LogP contribution in [-0.2, 0) is 16.4 Å². The molecule has 2 amide bonds. The molecule has 1 fully saturated rings. The topological polar surface area (TPSA) is 84.5 Å². The molecule has 0 radical (unpaired) electrons. The van der Waals surface area contributed by atoms with Gasteiger partial charge in [0.05, 0.1) is 18.6 Å². The minimum absolute atomic E-state index is 0.00328. The summed E-state index contributed by atoms with van der Waals surface area (Å²) in [5, 5.41) is 5.97. The molecule has 8 heteroatoms. The van der Waals surface area contributed by atoms with E-state index in [0.717, 1.165) is 5.56 Å². The minimum Gasteiger partial charge on any atom is -0.496 e. The van der Waals surface area contributed by atoms with E-state index in [-0.39, 0.29) is 30.0 Å². The Balaban J connectivity index is 1.80. The van der Waals surface area contributed by atoms with Crippen molar-refractivity contribution >= 4 is 27.5 Å². The molecule has 2 rings (SSSR count). The Morgan fingerprint density at radius 2 is 2.18 bits per heavy atom. The summed E-state index contributed by atoms with van der Waals surface area (Å²) in [7, 11) is -1.37. The second-order valence-electron chi connectivity index (χ2n) is 5.29. The number of rotatable bonds is 5. The van der Waals surface area contributed by atoms with E-state index in [2.05, 4.69) is 10.6 Å². The zero-order valence-corrected chi connectivity index (χ0v) is 13.8. The number of methoxy groups -OCH3 is 1. The number of benzene rings is 1. The van der Waals surface area contributed by atoms with Gasteiger partial charge >= 0.3 is 6.03 Å². The van der Waals surface area contributed by atoms with E-state index in [9.17, 15) is 13.2 Å². The van der Waals surface area contributed by atoms with E-state index >= 15 is 0 Å². The molecule has 0 aromatic heterocycles. The third kappa shape index (κ3) is 4.78. The van der Waals surface area contributed by atoms with Crippen molar-refractivity contribution in [2.75, 3.05) is 25.2 Å². The number of nitrogens with one attached hydrogen (secondary N) is 2. The van der Waals surface area contributed by atoms with Crippen LogP contribution in [0.5, 0.6) is 5.75 Å². The number of halogens is 1. The number of hydrogen-bond acceptors (Lipinski definition) is 4. The third-order valence-electron chi connectivity index (χ3n) is 3.56. The van der Waals surface area contributed by atoms with Crippen molar-refractivity contribution in [3.05, 3.63) is 28.8 Å². The summed E-state index contributed by atoms with van der Waals surface area (Å²) in [5.74, 6) is 0.999. The fourth-order valence-corrected chi connectivity index (χ4v) is 4.45. The van der Waals surface area contributed by atoms with Gasteiger partial charge in [0.2, 0.25) is 0 Å². The summed E-state index contributed by atoms with van der Waals surface area (Å²) >= 11 is 5.92. The van der Waals surface area contributed by atoms with E-state index in [1.165, 1.54) is 0 Å². The molecule has 0 spiro atoms. The van der Waals surface area contributed by atoms with Gasteiger partial charge in [-0.05, 0) is 30.5 Å². The molecule has 0 bridgehead atoms. The number of sulfone groups is 1. The number of hydrogen-bond donors (Lipinski definition) is 2. The van der Waals surface area contributed by atoms with Crippen LogP contribution in [0.1, 0.15) is 12.0 Å². The first-order valence-corrected chi connectivity index (χ1v) is 9.14. The minimum atomic E-state index is -2.92. The van der Waals surface area contributed by atoms with E-state index < -0.39 is 9.84 Å². The van der Waals surface area contributed by atoms with Crippen LogP contribution < -0.4 is 15.4 Å². The smallest absolute Gasteiger partial charge is 0.315 e. The standard InChI is InChI=1S/C14H19ClN2O4S/c1-21-13-3-2-12(15)6-11(13)8-17-14(18)16-7-10-4-5-22(19,20)9-10/h2-3,6,10H,4-5,7-9H2,1H3,(H2,16,17,18)/t10-/m0/s1. The predicted octanol–water partition coefficient (Wildman–Crippen LogP) is 1.58. The summed E-state index contributed by atoms with van der Waals surface area (Å²) in [5.41, 5.74) is 0.772. The lowest BCUT2D eigenvalue weighted by molar-refractivity contribution is 0.239. The summed E-state index contributed by atoms with van der Waals surface area (Å²) in [6.45, 7) is 0.635. The zero-order valence-electron chi connectivity index (χ0n) is 12.3. The Hall–Kier alpha value is -1.47. The maximum atomic E-state index is 11.8. The molecule has 122 valence electrons. The van der Waals surface area contributed by atoms with Crippen molar-refractivity contribution in [3.8, 4) is 5.75 Å². The van der Waals surface area contributed by atoms with Crippen LogP contribution in [0.2, 0.25) is 5.02 Å². The highest BCUT2D eigenvalue weighted by Crippen LogP contribution is 2.22. The van der Waals surface area contributed by atoms with Crippen molar-refractivity contribution in [1.29, 1.82) is 0 Å². The molecule has 1 saturated heterocycles. The van der Waals surface area contributed by atoms with E-state index in [4.69, 9.17) is 16.3 Å². The fourth-order valence-electron chi connectivity index (χ4n) is 2.39. The molecule has 1 atom stereocenters. The highest BCUT2D eigenvalue weighted by atomic mass is 35.5. The van der Waals surface area contributed by atoms with Gasteiger partial charge in [-0.25, -0.2) is 13.2 Å². The van der Waals surface area contributed by atoms with Crippen LogP contribution in [-0.4, -0.2) is 39.6 Å². The second kappa shape index (κ2) is 7.19. The Kier molecular flexibility index (Phi) is 5.52. The molecule has 1 heterocycles. The molecular formula is C14H19ClN2O4S. The first kappa shape index (κ1) is 16.9. The van der Waals surface area contributed by atoms with Gasteiger partial charge in [-0.3, -0.25) is 0 Å². The van der Waals surface area contributed by atoms with Crippen LogP contribution in [0, 0.1) is 5.92 Å². The predicted molar refractivity (Wildman–Crippen MR) is 85.0 cm³/mol. The van der Waals surface area contributed by atoms with Gasteiger partial charge in [-0.2, -0.15) is 0 Å². The van der Waals surface area contributed by atoms with Gasteiger partial charge in [0.25, 0.3) is 0 Å². The lowest BCUT2D eigenvalue weighted by Crippen LogP contribution is -2.38. The van der Waals surface area contributed by atoms with Crippen LogP contribution >= 0.6 is 11.6 Å².